The fourth-order valence-electron chi connectivity index (χ4n) is 2.34. The molecule has 0 aromatic heterocycles. The van der Waals surface area contributed by atoms with Crippen LogP contribution < -0.4 is 20.2 Å². The van der Waals surface area contributed by atoms with Gasteiger partial charge in [0, 0.05) is 10.2 Å². The largest absolute Gasteiger partial charge is 0.454 e. The Morgan fingerprint density at radius 2 is 2.00 bits per heavy atom. The number of hydrogen-bond donors (Lipinski definition) is 2. The summed E-state index contributed by atoms with van der Waals surface area (Å²) in [4.78, 5) is 12.3. The van der Waals surface area contributed by atoms with E-state index >= 15 is 0 Å². The number of carbonyl (C=O) groups excluding carboxylic acids is 1. The van der Waals surface area contributed by atoms with Gasteiger partial charge in [-0.25, -0.2) is 5.43 Å². The van der Waals surface area contributed by atoms with Gasteiger partial charge in [0.1, 0.15) is 6.04 Å². The van der Waals surface area contributed by atoms with E-state index in [-0.39, 0.29) is 18.7 Å². The van der Waals surface area contributed by atoms with Crippen LogP contribution in [0.3, 0.4) is 0 Å². The van der Waals surface area contributed by atoms with Crippen molar-refractivity contribution in [3.8, 4) is 11.5 Å². The first kappa shape index (κ1) is 17.3. The summed E-state index contributed by atoms with van der Waals surface area (Å²) in [6.07, 6.45) is 2.22. The lowest BCUT2D eigenvalue weighted by Crippen LogP contribution is -2.36. The third kappa shape index (κ3) is 4.51. The molecule has 0 spiro atoms. The van der Waals surface area contributed by atoms with Gasteiger partial charge in [-0.3, -0.25) is 4.79 Å². The van der Waals surface area contributed by atoms with Crippen molar-refractivity contribution in [1.29, 1.82) is 0 Å². The van der Waals surface area contributed by atoms with Crippen LogP contribution in [0, 0.1) is 0 Å². The minimum Gasteiger partial charge on any atom is -0.454 e. The molecule has 1 heterocycles. The van der Waals surface area contributed by atoms with Gasteiger partial charge in [0.25, 0.3) is 5.91 Å². The highest BCUT2D eigenvalue weighted by atomic mass is 79.9. The zero-order valence-electron chi connectivity index (χ0n) is 13.7. The predicted octanol–water partition coefficient (Wildman–Crippen LogP) is 3.52. The molecule has 0 radical (unpaired) electrons. The van der Waals surface area contributed by atoms with Crippen LogP contribution in [0.2, 0.25) is 0 Å². The number of nitrogens with one attached hydrogen (secondary N) is 2. The molecule has 130 valence electrons. The number of hydrogen-bond acceptors (Lipinski definition) is 5. The molecule has 0 saturated heterocycles. The van der Waals surface area contributed by atoms with Crippen molar-refractivity contribution in [1.82, 2.24) is 5.43 Å². The Morgan fingerprint density at radius 1 is 1.24 bits per heavy atom. The Kier molecular flexibility index (Phi) is 5.55. The Bertz CT molecular complexity index is 778. The van der Waals surface area contributed by atoms with E-state index in [0.29, 0.717) is 17.9 Å². The van der Waals surface area contributed by atoms with E-state index in [1.165, 1.54) is 0 Å². The van der Waals surface area contributed by atoms with Crippen molar-refractivity contribution < 1.29 is 14.3 Å². The molecule has 7 heteroatoms. The molecule has 0 saturated carbocycles. The summed E-state index contributed by atoms with van der Waals surface area (Å²) in [7, 11) is 0. The highest BCUT2D eigenvalue weighted by Gasteiger charge is 2.16. The fourth-order valence-corrected chi connectivity index (χ4v) is 2.61. The van der Waals surface area contributed by atoms with Crippen molar-refractivity contribution in [3.05, 3.63) is 52.5 Å². The summed E-state index contributed by atoms with van der Waals surface area (Å²) in [6.45, 7) is 2.17. The van der Waals surface area contributed by atoms with E-state index in [1.807, 2.05) is 49.4 Å². The third-order valence-electron chi connectivity index (χ3n) is 3.69. The molecule has 1 aliphatic heterocycles. The molecule has 0 unspecified atom stereocenters. The summed E-state index contributed by atoms with van der Waals surface area (Å²) in [5.41, 5.74) is 4.27. The van der Waals surface area contributed by atoms with Gasteiger partial charge >= 0.3 is 0 Å². The van der Waals surface area contributed by atoms with Crippen molar-refractivity contribution in [2.24, 2.45) is 5.10 Å². The zero-order chi connectivity index (χ0) is 17.6. The topological polar surface area (TPSA) is 72.0 Å². The van der Waals surface area contributed by atoms with Crippen LogP contribution in [0.1, 0.15) is 18.9 Å². The zero-order valence-corrected chi connectivity index (χ0v) is 15.2. The third-order valence-corrected chi connectivity index (χ3v) is 4.22. The van der Waals surface area contributed by atoms with E-state index in [1.54, 1.807) is 6.21 Å². The summed E-state index contributed by atoms with van der Waals surface area (Å²) in [5, 5.41) is 7.22. The Morgan fingerprint density at radius 3 is 2.76 bits per heavy atom. The predicted molar refractivity (Wildman–Crippen MR) is 100 cm³/mol. The molecule has 1 atom stereocenters. The second-order valence-corrected chi connectivity index (χ2v) is 6.37. The SMILES string of the molecule is CC[C@H](Nc1ccc(Br)cc1)C(=O)N/N=C\c1ccc2c(c1)OCO2. The van der Waals surface area contributed by atoms with E-state index in [4.69, 9.17) is 9.47 Å². The molecule has 2 aromatic rings. The normalized spacial score (nSPS) is 13.7. The highest BCUT2D eigenvalue weighted by Crippen LogP contribution is 2.31. The minimum atomic E-state index is -0.366. The first-order valence-corrected chi connectivity index (χ1v) is 8.69. The number of amides is 1. The first-order valence-electron chi connectivity index (χ1n) is 7.90. The molecular formula is C18H18BrN3O3. The monoisotopic (exact) mass is 403 g/mol. The van der Waals surface area contributed by atoms with Crippen LogP contribution in [0.25, 0.3) is 0 Å². The van der Waals surface area contributed by atoms with Gasteiger partial charge in [0.2, 0.25) is 6.79 Å². The Labute approximate surface area is 154 Å². The summed E-state index contributed by atoms with van der Waals surface area (Å²) in [6, 6.07) is 12.8. The van der Waals surface area contributed by atoms with Crippen molar-refractivity contribution in [2.45, 2.75) is 19.4 Å². The number of hydrazone groups is 1. The second kappa shape index (κ2) is 8.02. The quantitative estimate of drug-likeness (QED) is 0.571. The lowest BCUT2D eigenvalue weighted by molar-refractivity contribution is -0.121. The molecule has 25 heavy (non-hydrogen) atoms. The molecule has 0 aliphatic carbocycles. The van der Waals surface area contributed by atoms with Crippen LogP contribution in [-0.2, 0) is 4.79 Å². The lowest BCUT2D eigenvalue weighted by atomic mass is 10.2. The average molecular weight is 404 g/mol. The maximum Gasteiger partial charge on any atom is 0.262 e. The summed E-state index contributed by atoms with van der Waals surface area (Å²) in [5.74, 6) is 1.20. The minimum absolute atomic E-state index is 0.192. The van der Waals surface area contributed by atoms with E-state index in [2.05, 4.69) is 31.8 Å². The molecule has 2 N–H and O–H groups in total. The van der Waals surface area contributed by atoms with Gasteiger partial charge in [-0.2, -0.15) is 5.10 Å². The number of rotatable bonds is 6. The van der Waals surface area contributed by atoms with Gasteiger partial charge in [-0.1, -0.05) is 22.9 Å². The Hall–Kier alpha value is -2.54. The second-order valence-electron chi connectivity index (χ2n) is 5.46. The molecule has 1 aliphatic rings. The standard InChI is InChI=1S/C18H18BrN3O3/c1-2-15(21-14-6-4-13(19)5-7-14)18(23)22-20-10-12-3-8-16-17(9-12)25-11-24-16/h3-10,15,21H,2,11H2,1H3,(H,22,23)/b20-10-/t15-/m0/s1. The highest BCUT2D eigenvalue weighted by molar-refractivity contribution is 9.10. The molecule has 0 bridgehead atoms. The average Bonchev–Trinajstić information content (AvgIpc) is 3.09. The van der Waals surface area contributed by atoms with Gasteiger partial charge in [0.15, 0.2) is 11.5 Å². The van der Waals surface area contributed by atoms with Gasteiger partial charge < -0.3 is 14.8 Å². The first-order chi connectivity index (χ1) is 12.2. The number of carbonyl (C=O) groups is 1. The van der Waals surface area contributed by atoms with Gasteiger partial charge in [-0.15, -0.1) is 0 Å². The molecule has 0 fully saturated rings. The maximum absolute atomic E-state index is 12.3. The van der Waals surface area contributed by atoms with E-state index in [9.17, 15) is 4.79 Å². The van der Waals surface area contributed by atoms with Crippen molar-refractivity contribution >= 4 is 33.7 Å². The van der Waals surface area contributed by atoms with Gasteiger partial charge in [-0.05, 0) is 54.4 Å². The molecular weight excluding hydrogens is 386 g/mol. The number of halogens is 1. The number of benzene rings is 2. The van der Waals surface area contributed by atoms with Crippen LogP contribution >= 0.6 is 15.9 Å². The number of fused-ring (bicyclic) bond motifs is 1. The molecule has 2 aromatic carbocycles. The maximum atomic E-state index is 12.3. The summed E-state index contributed by atoms with van der Waals surface area (Å²) >= 11 is 3.39. The van der Waals surface area contributed by atoms with Gasteiger partial charge in [0.05, 0.1) is 6.21 Å². The van der Waals surface area contributed by atoms with Crippen LogP contribution in [0.4, 0.5) is 5.69 Å². The van der Waals surface area contributed by atoms with Crippen LogP contribution in [0.15, 0.2) is 52.0 Å². The number of anilines is 1. The fraction of sp³-hybridized carbons (Fsp3) is 0.222. The van der Waals surface area contributed by atoms with E-state index in [0.717, 1.165) is 15.7 Å². The van der Waals surface area contributed by atoms with Crippen molar-refractivity contribution in [2.75, 3.05) is 12.1 Å². The number of nitrogens with zero attached hydrogens (tertiary/aromatic N) is 1. The van der Waals surface area contributed by atoms with Crippen molar-refractivity contribution in [3.63, 3.8) is 0 Å². The van der Waals surface area contributed by atoms with E-state index < -0.39 is 0 Å². The lowest BCUT2D eigenvalue weighted by Gasteiger charge is -2.16. The molecule has 3 rings (SSSR count). The summed E-state index contributed by atoms with van der Waals surface area (Å²) < 4.78 is 11.6. The van der Waals surface area contributed by atoms with Crippen LogP contribution in [0.5, 0.6) is 11.5 Å². The Balaban J connectivity index is 1.57. The smallest absolute Gasteiger partial charge is 0.262 e. The molecule has 1 amide bonds. The number of ether oxygens (including phenoxy) is 2. The van der Waals surface area contributed by atoms with Crippen LogP contribution in [-0.4, -0.2) is 25.0 Å². The molecule has 6 nitrogen and oxygen atoms in total.